The van der Waals surface area contributed by atoms with Crippen molar-refractivity contribution in [2.45, 2.75) is 0 Å². The van der Waals surface area contributed by atoms with Crippen molar-refractivity contribution in [1.29, 1.82) is 0 Å². The molecule has 0 saturated carbocycles. The van der Waals surface area contributed by atoms with E-state index in [1.54, 1.807) is 0 Å². The minimum absolute atomic E-state index is 0.115. The molecule has 0 fully saturated rings. The van der Waals surface area contributed by atoms with Crippen LogP contribution in [-0.2, 0) is 17.4 Å². The van der Waals surface area contributed by atoms with E-state index in [4.69, 9.17) is 9.11 Å². The third-order valence-corrected chi connectivity index (χ3v) is 12.4. The van der Waals surface area contributed by atoms with E-state index in [9.17, 15) is 16.8 Å². The molecule has 18 heavy (non-hydrogen) atoms. The van der Waals surface area contributed by atoms with Crippen molar-refractivity contribution in [2.75, 3.05) is 4.93 Å². The molecule has 108 valence electrons. The van der Waals surface area contributed by atoms with Crippen LogP contribution < -0.4 is 19.8 Å². The van der Waals surface area contributed by atoms with Gasteiger partial charge in [0.2, 0.25) is 0 Å². The molecule has 0 atom stereocenters. The average molecular weight is 637 g/mol. The average Bonchev–Trinajstić information content (AvgIpc) is 2.09. The van der Waals surface area contributed by atoms with Crippen LogP contribution in [0.3, 0.4) is 0 Å². The third kappa shape index (κ3) is 12.1. The second kappa shape index (κ2) is 8.39. The zero-order chi connectivity index (χ0) is 14.4. The van der Waals surface area contributed by atoms with Gasteiger partial charge in [-0.2, -0.15) is 0 Å². The van der Waals surface area contributed by atoms with Gasteiger partial charge < -0.3 is 0 Å². The molecule has 0 aliphatic carbocycles. The molecule has 0 heterocycles. The molecule has 0 aliphatic rings. The van der Waals surface area contributed by atoms with Crippen LogP contribution >= 0.6 is 33.2 Å². The molecule has 0 aliphatic heterocycles. The molecule has 0 bridgehead atoms. The molecule has 0 aromatic carbocycles. The van der Waals surface area contributed by atoms with Crippen LogP contribution in [0.5, 0.6) is 0 Å². The molecule has 0 aromatic rings. The van der Waals surface area contributed by atoms with E-state index in [1.165, 1.54) is 0 Å². The number of nitrogens with zero attached hydrogens (tertiary/aromatic N) is 2. The Morgan fingerprint density at radius 1 is 1.28 bits per heavy atom. The van der Waals surface area contributed by atoms with Crippen LogP contribution in [0.15, 0.2) is 29.6 Å². The number of hydrogen-bond acceptors (Lipinski definition) is 6. The Labute approximate surface area is 129 Å². The van der Waals surface area contributed by atoms with E-state index in [1.807, 2.05) is 4.93 Å². The van der Waals surface area contributed by atoms with Gasteiger partial charge in [0.25, 0.3) is 0 Å². The van der Waals surface area contributed by atoms with Crippen molar-refractivity contribution < 1.29 is 45.8 Å². The molecular formula is C5H8I3N2O6S2-. The summed E-state index contributed by atoms with van der Waals surface area (Å²) in [7, 11) is -8.42. The molecule has 0 aromatic heterocycles. The van der Waals surface area contributed by atoms with Gasteiger partial charge in [-0.1, -0.05) is 0 Å². The van der Waals surface area contributed by atoms with E-state index in [0.717, 1.165) is 0 Å². The summed E-state index contributed by atoms with van der Waals surface area (Å²) in [4.78, 5) is 1.92. The minimum atomic E-state index is -4.29. The fourth-order valence-electron chi connectivity index (χ4n) is 0.481. The molecule has 0 amide bonds. The summed E-state index contributed by atoms with van der Waals surface area (Å²) >= 11 is -2.66. The molecule has 0 unspecified atom stereocenters. The van der Waals surface area contributed by atoms with Gasteiger partial charge >= 0.3 is 131 Å². The van der Waals surface area contributed by atoms with E-state index in [0.29, 0.717) is 5.41 Å². The quantitative estimate of drug-likeness (QED) is 0.0958. The van der Waals surface area contributed by atoms with Crippen LogP contribution in [0.1, 0.15) is 0 Å². The third-order valence-electron chi connectivity index (χ3n) is 0.831. The van der Waals surface area contributed by atoms with Crippen molar-refractivity contribution in [3.05, 3.63) is 19.4 Å². The van der Waals surface area contributed by atoms with Gasteiger partial charge in [0.15, 0.2) is 0 Å². The maximum absolute atomic E-state index is 10.6. The molecule has 13 heteroatoms. The second-order valence-electron chi connectivity index (χ2n) is 2.24. The van der Waals surface area contributed by atoms with Gasteiger partial charge in [0, 0.05) is 0 Å². The van der Waals surface area contributed by atoms with Gasteiger partial charge in [-0.15, -0.1) is 0 Å². The summed E-state index contributed by atoms with van der Waals surface area (Å²) in [6, 6.07) is 0. The van der Waals surface area contributed by atoms with Gasteiger partial charge in [0.1, 0.15) is 0 Å². The summed E-state index contributed by atoms with van der Waals surface area (Å²) in [6.07, 6.45) is 0. The van der Waals surface area contributed by atoms with E-state index in [-0.39, 0.29) is 24.0 Å². The Balaban J connectivity index is 5.04. The van der Waals surface area contributed by atoms with Crippen LogP contribution in [0.2, 0.25) is 0 Å². The fourth-order valence-corrected chi connectivity index (χ4v) is 10.5. The Kier molecular flexibility index (Phi) is 8.90. The van der Waals surface area contributed by atoms with E-state index in [2.05, 4.69) is 16.8 Å². The summed E-state index contributed by atoms with van der Waals surface area (Å²) in [5.74, 6) is 0. The van der Waals surface area contributed by atoms with Gasteiger partial charge in [-0.3, -0.25) is 0 Å². The van der Waals surface area contributed by atoms with Gasteiger partial charge in [0.05, 0.1) is 0 Å². The zero-order valence-electron chi connectivity index (χ0n) is 8.66. The number of halogens is 3. The van der Waals surface area contributed by atoms with Crippen LogP contribution in [-0.4, -0.2) is 30.9 Å². The molecule has 0 saturated heterocycles. The standard InChI is InChI=1S/C5H8I3N2O6S2/c1-4(8-18(14,15)16)9-10-5(7-6-2)3-17(11,12)13/h3H,1H2,2H3,(H,11,12,13)(H,14,15,16)/q-1/b5-3-,10-9?. The van der Waals surface area contributed by atoms with Crippen molar-refractivity contribution in [3.8, 4) is 0 Å². The van der Waals surface area contributed by atoms with Crippen LogP contribution in [0.4, 0.5) is 0 Å². The molecular weight excluding hydrogens is 629 g/mol. The molecule has 0 radical (unpaired) electrons. The summed E-state index contributed by atoms with van der Waals surface area (Å²) < 4.78 is 59.6. The molecule has 2 N–H and O–H groups in total. The molecule has 0 rings (SSSR count). The Hall–Kier alpha value is 1.09. The number of hydrogen-bond donors (Lipinski definition) is 2. The van der Waals surface area contributed by atoms with Crippen molar-refractivity contribution in [1.82, 2.24) is 0 Å². The van der Waals surface area contributed by atoms with Crippen molar-refractivity contribution in [3.63, 3.8) is 0 Å². The summed E-state index contributed by atoms with van der Waals surface area (Å²) in [5.41, 5.74) is 0. The van der Waals surface area contributed by atoms with Crippen LogP contribution in [0, 0.1) is 0 Å². The first-order valence-electron chi connectivity index (χ1n) is 3.61. The number of rotatable bonds is 6. The number of alkyl halides is 1. The fraction of sp³-hybridized carbons (Fsp3) is 0.200. The summed E-state index contributed by atoms with van der Waals surface area (Å²) in [6.45, 7) is 3.30. The second-order valence-corrected chi connectivity index (χ2v) is 20.9. The van der Waals surface area contributed by atoms with Crippen LogP contribution in [0.25, 0.3) is 0 Å². The van der Waals surface area contributed by atoms with E-state index >= 15 is 0 Å². The summed E-state index contributed by atoms with van der Waals surface area (Å²) in [5, 5.41) is 7.62. The predicted octanol–water partition coefficient (Wildman–Crippen LogP) is -1.03. The number of azo groups is 1. The monoisotopic (exact) mass is 637 g/mol. The first kappa shape index (κ1) is 19.1. The topological polar surface area (TPSA) is 133 Å². The molecule has 0 spiro atoms. The van der Waals surface area contributed by atoms with Crippen molar-refractivity contribution >= 4 is 50.6 Å². The Morgan fingerprint density at radius 2 is 1.83 bits per heavy atom. The Bertz CT molecular complexity index is 605. The predicted molar refractivity (Wildman–Crippen MR) is 79.1 cm³/mol. The Morgan fingerprint density at radius 3 is 2.22 bits per heavy atom. The maximum atomic E-state index is 10.6. The van der Waals surface area contributed by atoms with E-state index < -0.39 is 53.8 Å². The van der Waals surface area contributed by atoms with Gasteiger partial charge in [-0.05, 0) is 0 Å². The normalized spacial score (nSPS) is 15.6. The zero-order valence-corrected chi connectivity index (χ0v) is 16.8. The first-order chi connectivity index (χ1) is 8.03. The first-order valence-corrected chi connectivity index (χ1v) is 19.7. The van der Waals surface area contributed by atoms with Gasteiger partial charge in [-0.25, -0.2) is 0 Å². The van der Waals surface area contributed by atoms with Crippen molar-refractivity contribution in [2.24, 2.45) is 10.2 Å². The SMILES string of the molecule is C=C(N=N/C(=C\S(=O)(=O)O)I=IC)[I-]S(=O)(=O)O. The molecule has 8 nitrogen and oxygen atoms in total.